The van der Waals surface area contributed by atoms with Crippen LogP contribution in [0.5, 0.6) is 0 Å². The Morgan fingerprint density at radius 2 is 1.21 bits per heavy atom. The summed E-state index contributed by atoms with van der Waals surface area (Å²) in [5, 5.41) is 5.48. The Bertz CT molecular complexity index is 1370. The normalized spacial score (nSPS) is 15.3. The van der Waals surface area contributed by atoms with Gasteiger partial charge in [-0.3, -0.25) is 6.08 Å². The minimum absolute atomic E-state index is 0.203. The summed E-state index contributed by atoms with van der Waals surface area (Å²) < 4.78 is 2.19. The van der Waals surface area contributed by atoms with E-state index < -0.39 is 0 Å². The first-order valence-corrected chi connectivity index (χ1v) is 15.1. The van der Waals surface area contributed by atoms with Crippen LogP contribution in [0.25, 0.3) is 21.5 Å². The van der Waals surface area contributed by atoms with Crippen LogP contribution in [-0.2, 0) is 35.1 Å². The molecule has 0 aromatic heterocycles. The van der Waals surface area contributed by atoms with Crippen molar-refractivity contribution in [2.45, 2.75) is 80.1 Å². The van der Waals surface area contributed by atoms with E-state index in [1.54, 1.807) is 0 Å². The Morgan fingerprint density at radius 1 is 0.737 bits per heavy atom. The third-order valence-corrected chi connectivity index (χ3v) is 8.04. The van der Waals surface area contributed by atoms with Crippen molar-refractivity contribution >= 4 is 25.3 Å². The molecule has 0 bridgehead atoms. The molecule has 1 aliphatic rings. The van der Waals surface area contributed by atoms with Crippen LogP contribution in [0.1, 0.15) is 84.6 Å². The van der Waals surface area contributed by atoms with E-state index in [0.717, 1.165) is 0 Å². The van der Waals surface area contributed by atoms with Crippen molar-refractivity contribution in [3.8, 4) is 0 Å². The topological polar surface area (TPSA) is 0 Å². The monoisotopic (exact) mass is 578 g/mol. The summed E-state index contributed by atoms with van der Waals surface area (Å²) in [6, 6.07) is 24.7. The molecule has 5 rings (SSSR count). The Morgan fingerprint density at radius 3 is 1.53 bits per heavy atom. The van der Waals surface area contributed by atoms with Gasteiger partial charge in [-0.1, -0.05) is 96.7 Å². The number of fused-ring (bicyclic) bond motifs is 3. The fraction of sp³-hybridized carbons (Fsp3) is 0.351. The molecule has 0 nitrogen and oxygen atoms in total. The van der Waals surface area contributed by atoms with Gasteiger partial charge in [0, 0.05) is 0 Å². The van der Waals surface area contributed by atoms with Crippen LogP contribution in [0.3, 0.4) is 0 Å². The molecule has 0 radical (unpaired) electrons. The molecule has 196 valence electrons. The van der Waals surface area contributed by atoms with Gasteiger partial charge in [0.2, 0.25) is 0 Å². The second-order valence-electron chi connectivity index (χ2n) is 12.7. The van der Waals surface area contributed by atoms with E-state index in [-0.39, 0.29) is 10.8 Å². The Labute approximate surface area is 246 Å². The number of benzene rings is 3. The summed E-state index contributed by atoms with van der Waals surface area (Å²) >= 11 is 1.47. The first kappa shape index (κ1) is 30.3. The standard InChI is InChI=1S/C21H25.C8H11.C8H8.Zr/c1-20(2,3)16-7-9-18-14(12-16)11-15-13-17(21(4,5)6)8-10-19(15)18;1-6-4-7(2)8(3)5-6;1-7-3-5-8(2)6-4-7;/h7-13H,1-6H3;4,6H,1-3H3;1,3-6H,2H3;/q2*-1;;+2. The van der Waals surface area contributed by atoms with Crippen molar-refractivity contribution in [2.24, 2.45) is 5.92 Å². The van der Waals surface area contributed by atoms with Crippen LogP contribution >= 0.6 is 0 Å². The summed E-state index contributed by atoms with van der Waals surface area (Å²) in [6.07, 6.45) is 5.52. The van der Waals surface area contributed by atoms with Gasteiger partial charge in [0.05, 0.1) is 0 Å². The molecule has 0 amide bonds. The molecule has 0 fully saturated rings. The molecule has 4 aromatic carbocycles. The summed E-state index contributed by atoms with van der Waals surface area (Å²) in [6.45, 7) is 22.1. The molecule has 1 heteroatoms. The van der Waals surface area contributed by atoms with Gasteiger partial charge in [-0.05, 0) is 10.8 Å². The van der Waals surface area contributed by atoms with E-state index in [0.29, 0.717) is 5.92 Å². The Balaban J connectivity index is 0.000000193. The van der Waals surface area contributed by atoms with Gasteiger partial charge in [0.15, 0.2) is 0 Å². The molecule has 0 N–H and O–H groups in total. The average Bonchev–Trinajstić information content (AvgIpc) is 3.35. The second-order valence-corrected chi connectivity index (χ2v) is 13.4. The maximum atomic E-state index is 3.29. The minimum atomic E-state index is 0.203. The maximum absolute atomic E-state index is 3.29. The molecular weight excluding hydrogens is 536 g/mol. The zero-order valence-electron chi connectivity index (χ0n) is 25.1. The van der Waals surface area contributed by atoms with E-state index in [9.17, 15) is 0 Å². The summed E-state index contributed by atoms with van der Waals surface area (Å²) in [5.74, 6) is 0.551. The van der Waals surface area contributed by atoms with Crippen LogP contribution in [0, 0.1) is 18.9 Å². The zero-order valence-corrected chi connectivity index (χ0v) is 27.5. The number of rotatable bonds is 1. The number of aryl methyl sites for hydroxylation is 1. The van der Waals surface area contributed by atoms with Crippen molar-refractivity contribution in [3.63, 3.8) is 0 Å². The molecule has 0 saturated carbocycles. The first-order valence-electron chi connectivity index (χ1n) is 13.7. The van der Waals surface area contributed by atoms with E-state index in [2.05, 4.69) is 152 Å². The molecule has 1 atom stereocenters. The molecule has 0 spiro atoms. The molecule has 1 aliphatic carbocycles. The molecular formula is C37H44Zr. The van der Waals surface area contributed by atoms with Crippen LogP contribution in [0.15, 0.2) is 84.0 Å². The van der Waals surface area contributed by atoms with Crippen LogP contribution in [0.4, 0.5) is 0 Å². The molecule has 0 aliphatic heterocycles. The van der Waals surface area contributed by atoms with Gasteiger partial charge in [-0.25, -0.2) is 11.1 Å². The Hall–Kier alpha value is -2.24. The van der Waals surface area contributed by atoms with Crippen molar-refractivity contribution in [2.75, 3.05) is 0 Å². The predicted octanol–water partition coefficient (Wildman–Crippen LogP) is 10.3. The van der Waals surface area contributed by atoms with Crippen molar-refractivity contribution in [3.05, 3.63) is 112 Å². The van der Waals surface area contributed by atoms with Gasteiger partial charge in [0.1, 0.15) is 0 Å². The van der Waals surface area contributed by atoms with Crippen molar-refractivity contribution < 1.29 is 24.2 Å². The molecule has 0 heterocycles. The van der Waals surface area contributed by atoms with E-state index in [1.807, 2.05) is 0 Å². The average molecular weight is 580 g/mol. The molecule has 4 aromatic rings. The molecule has 1 unspecified atom stereocenters. The van der Waals surface area contributed by atoms with Gasteiger partial charge in [-0.15, -0.1) is 46.7 Å². The van der Waals surface area contributed by atoms with Gasteiger partial charge in [0.25, 0.3) is 0 Å². The number of hydrogen-bond donors (Lipinski definition) is 0. The SMILES string of the molecule is CC(C)(C)c1ccc2c(c1)[cH-]c1cc(C(C)(C)C)ccc12.CC1=[C-]C(C)C=C1C.Cc1ccc([CH]=[Zr+2])cc1. The van der Waals surface area contributed by atoms with E-state index in [1.165, 1.54) is 79.2 Å². The summed E-state index contributed by atoms with van der Waals surface area (Å²) in [5.41, 5.74) is 8.58. The third kappa shape index (κ3) is 7.89. The second kappa shape index (κ2) is 12.3. The van der Waals surface area contributed by atoms with E-state index >= 15 is 0 Å². The number of hydrogen-bond acceptors (Lipinski definition) is 0. The molecule has 38 heavy (non-hydrogen) atoms. The summed E-state index contributed by atoms with van der Waals surface area (Å²) in [7, 11) is 0. The predicted molar refractivity (Wildman–Crippen MR) is 166 cm³/mol. The van der Waals surface area contributed by atoms with Crippen molar-refractivity contribution in [1.82, 2.24) is 0 Å². The van der Waals surface area contributed by atoms with Crippen LogP contribution in [0.2, 0.25) is 0 Å². The summed E-state index contributed by atoms with van der Waals surface area (Å²) in [4.78, 5) is 0. The quantitative estimate of drug-likeness (QED) is 0.197. The molecule has 0 saturated heterocycles. The van der Waals surface area contributed by atoms with Gasteiger partial charge >= 0.3 is 70.3 Å². The fourth-order valence-corrected chi connectivity index (χ4v) is 5.09. The first-order chi connectivity index (χ1) is 17.7. The van der Waals surface area contributed by atoms with E-state index in [4.69, 9.17) is 0 Å². The van der Waals surface area contributed by atoms with Crippen LogP contribution in [-0.4, -0.2) is 3.71 Å². The zero-order chi connectivity index (χ0) is 28.3. The Kier molecular flexibility index (Phi) is 9.81. The van der Waals surface area contributed by atoms with Gasteiger partial charge < -0.3 is 0 Å². The van der Waals surface area contributed by atoms with Crippen molar-refractivity contribution in [1.29, 1.82) is 0 Å². The van der Waals surface area contributed by atoms with Gasteiger partial charge in [-0.2, -0.15) is 6.08 Å². The number of allylic oxidation sites excluding steroid dienone is 4. The fourth-order valence-electron chi connectivity index (χ4n) is 4.62. The third-order valence-electron chi connectivity index (χ3n) is 7.22. The van der Waals surface area contributed by atoms with Crippen LogP contribution < -0.4 is 0 Å².